The van der Waals surface area contributed by atoms with Crippen molar-refractivity contribution < 1.29 is 4.79 Å². The Morgan fingerprint density at radius 2 is 1.95 bits per heavy atom. The van der Waals surface area contributed by atoms with Gasteiger partial charge in [0.25, 0.3) is 0 Å². The van der Waals surface area contributed by atoms with Crippen LogP contribution >= 0.6 is 11.8 Å². The molecular weight excluding hydrogens is 278 g/mol. The van der Waals surface area contributed by atoms with Crippen LogP contribution in [0.4, 0.5) is 0 Å². The van der Waals surface area contributed by atoms with Crippen LogP contribution in [-0.4, -0.2) is 29.1 Å². The molecule has 3 rings (SSSR count). The monoisotopic (exact) mass is 303 g/mol. The summed E-state index contributed by atoms with van der Waals surface area (Å²) in [6, 6.07) is 7.14. The Kier molecular flexibility index (Phi) is 4.58. The molecule has 114 valence electrons. The highest BCUT2D eigenvalue weighted by Gasteiger charge is 2.36. The Balaban J connectivity index is 1.46. The van der Waals surface area contributed by atoms with Crippen molar-refractivity contribution >= 4 is 17.7 Å². The van der Waals surface area contributed by atoms with Gasteiger partial charge in [-0.05, 0) is 68.7 Å². The van der Waals surface area contributed by atoms with Crippen molar-refractivity contribution in [2.45, 2.75) is 56.9 Å². The van der Waals surface area contributed by atoms with Gasteiger partial charge in [0.15, 0.2) is 0 Å². The van der Waals surface area contributed by atoms with E-state index in [2.05, 4.69) is 36.9 Å². The summed E-state index contributed by atoms with van der Waals surface area (Å²) >= 11 is 1.81. The third-order valence-corrected chi connectivity index (χ3v) is 5.52. The van der Waals surface area contributed by atoms with E-state index in [1.54, 1.807) is 0 Å². The highest BCUT2D eigenvalue weighted by atomic mass is 32.2. The van der Waals surface area contributed by atoms with Crippen LogP contribution < -0.4 is 0 Å². The summed E-state index contributed by atoms with van der Waals surface area (Å²) in [4.78, 5) is 15.9. The topological polar surface area (TPSA) is 20.3 Å². The van der Waals surface area contributed by atoms with Crippen LogP contribution in [0.2, 0.25) is 0 Å². The summed E-state index contributed by atoms with van der Waals surface area (Å²) < 4.78 is 0. The molecule has 0 unspecified atom stereocenters. The number of amides is 1. The minimum Gasteiger partial charge on any atom is -0.339 e. The number of hydrogen-bond acceptors (Lipinski definition) is 2. The van der Waals surface area contributed by atoms with Crippen molar-refractivity contribution in [3.8, 4) is 0 Å². The van der Waals surface area contributed by atoms with Gasteiger partial charge in [-0.2, -0.15) is 0 Å². The van der Waals surface area contributed by atoms with Crippen LogP contribution in [-0.2, 0) is 4.79 Å². The predicted octanol–water partition coefficient (Wildman–Crippen LogP) is 4.19. The van der Waals surface area contributed by atoms with Crippen molar-refractivity contribution in [2.75, 3.05) is 12.3 Å². The molecule has 2 nitrogen and oxygen atoms in total. The van der Waals surface area contributed by atoms with Crippen molar-refractivity contribution in [3.05, 3.63) is 29.3 Å². The molecule has 0 saturated heterocycles. The Hall–Kier alpha value is -0.960. The lowest BCUT2D eigenvalue weighted by atomic mass is 10.1. The van der Waals surface area contributed by atoms with E-state index >= 15 is 0 Å². The lowest BCUT2D eigenvalue weighted by molar-refractivity contribution is -0.131. The maximum absolute atomic E-state index is 12.4. The number of thioether (sulfide) groups is 1. The molecule has 2 fully saturated rings. The lowest BCUT2D eigenvalue weighted by Crippen LogP contribution is -2.35. The van der Waals surface area contributed by atoms with Gasteiger partial charge >= 0.3 is 0 Å². The predicted molar refractivity (Wildman–Crippen MR) is 88.7 cm³/mol. The van der Waals surface area contributed by atoms with Crippen molar-refractivity contribution in [1.29, 1.82) is 0 Å². The zero-order chi connectivity index (χ0) is 14.8. The first kappa shape index (κ1) is 15.0. The summed E-state index contributed by atoms with van der Waals surface area (Å²) in [6.45, 7) is 5.31. The SMILES string of the molecule is Cc1ccc(SCCC(=O)N(CC2CC2)C2CC2)cc1C. The van der Waals surface area contributed by atoms with Gasteiger partial charge in [-0.25, -0.2) is 0 Å². The molecule has 0 aromatic heterocycles. The molecule has 0 N–H and O–H groups in total. The molecule has 3 heteroatoms. The third-order valence-electron chi connectivity index (χ3n) is 4.52. The molecular formula is C18H25NOS. The van der Waals surface area contributed by atoms with E-state index in [0.29, 0.717) is 18.4 Å². The Morgan fingerprint density at radius 3 is 2.57 bits per heavy atom. The van der Waals surface area contributed by atoms with Gasteiger partial charge in [0.1, 0.15) is 0 Å². The minimum atomic E-state index is 0.376. The maximum atomic E-state index is 12.4. The number of aryl methyl sites for hydroxylation is 2. The summed E-state index contributed by atoms with van der Waals surface area (Å²) in [6.07, 6.45) is 5.79. The number of hydrogen-bond donors (Lipinski definition) is 0. The van der Waals surface area contributed by atoms with E-state index in [1.807, 2.05) is 11.8 Å². The number of carbonyl (C=O) groups excluding carboxylic acids is 1. The molecule has 0 atom stereocenters. The first-order chi connectivity index (χ1) is 10.1. The molecule has 1 aromatic rings. The van der Waals surface area contributed by atoms with Gasteiger partial charge in [0, 0.05) is 29.7 Å². The second kappa shape index (κ2) is 6.43. The molecule has 2 saturated carbocycles. The Labute approximate surface area is 132 Å². The first-order valence-corrected chi connectivity index (χ1v) is 9.11. The minimum absolute atomic E-state index is 0.376. The van der Waals surface area contributed by atoms with Gasteiger partial charge in [-0.15, -0.1) is 11.8 Å². The fourth-order valence-corrected chi connectivity index (χ4v) is 3.56. The van der Waals surface area contributed by atoms with Crippen LogP contribution in [0.25, 0.3) is 0 Å². The average Bonchev–Trinajstić information content (AvgIpc) is 3.33. The summed E-state index contributed by atoms with van der Waals surface area (Å²) in [7, 11) is 0. The normalized spacial score (nSPS) is 17.8. The fraction of sp³-hybridized carbons (Fsp3) is 0.611. The Bertz CT molecular complexity index is 520. The molecule has 1 amide bonds. The summed E-state index contributed by atoms with van der Waals surface area (Å²) in [5.41, 5.74) is 2.67. The molecule has 0 bridgehead atoms. The molecule has 0 heterocycles. The van der Waals surface area contributed by atoms with Gasteiger partial charge in [0.05, 0.1) is 0 Å². The van der Waals surface area contributed by atoms with E-state index in [4.69, 9.17) is 0 Å². The smallest absolute Gasteiger partial charge is 0.223 e. The van der Waals surface area contributed by atoms with Crippen LogP contribution in [0.1, 0.15) is 43.2 Å². The summed E-state index contributed by atoms with van der Waals surface area (Å²) in [5.74, 6) is 2.08. The van der Waals surface area contributed by atoms with E-state index in [0.717, 1.165) is 18.2 Å². The highest BCUT2D eigenvalue weighted by molar-refractivity contribution is 7.99. The Morgan fingerprint density at radius 1 is 1.19 bits per heavy atom. The quantitative estimate of drug-likeness (QED) is 0.704. The maximum Gasteiger partial charge on any atom is 0.223 e. The number of carbonyl (C=O) groups is 1. The van der Waals surface area contributed by atoms with Crippen molar-refractivity contribution in [3.63, 3.8) is 0 Å². The lowest BCUT2D eigenvalue weighted by Gasteiger charge is -2.22. The molecule has 1 aromatic carbocycles. The molecule has 0 radical (unpaired) electrons. The molecule has 2 aliphatic rings. The fourth-order valence-electron chi connectivity index (χ4n) is 2.62. The highest BCUT2D eigenvalue weighted by Crippen LogP contribution is 2.35. The van der Waals surface area contributed by atoms with Gasteiger partial charge < -0.3 is 4.90 Å². The van der Waals surface area contributed by atoms with E-state index in [9.17, 15) is 4.79 Å². The zero-order valence-corrected chi connectivity index (χ0v) is 13.9. The van der Waals surface area contributed by atoms with E-state index in [1.165, 1.54) is 41.7 Å². The number of rotatable bonds is 7. The van der Waals surface area contributed by atoms with Gasteiger partial charge in [-0.1, -0.05) is 6.07 Å². The van der Waals surface area contributed by atoms with Crippen LogP contribution in [0.15, 0.2) is 23.1 Å². The van der Waals surface area contributed by atoms with E-state index in [-0.39, 0.29) is 0 Å². The second-order valence-corrected chi connectivity index (χ2v) is 7.73. The summed E-state index contributed by atoms with van der Waals surface area (Å²) in [5, 5.41) is 0. The van der Waals surface area contributed by atoms with Crippen LogP contribution in [0, 0.1) is 19.8 Å². The standard InChI is InChI=1S/C18H25NOS/c1-13-3-8-17(11-14(13)2)21-10-9-18(20)19(16-6-7-16)12-15-4-5-15/h3,8,11,15-16H,4-7,9-10,12H2,1-2H3. The molecule has 0 spiro atoms. The van der Waals surface area contributed by atoms with Crippen LogP contribution in [0.5, 0.6) is 0 Å². The number of nitrogens with zero attached hydrogens (tertiary/aromatic N) is 1. The van der Waals surface area contributed by atoms with Crippen molar-refractivity contribution in [2.24, 2.45) is 5.92 Å². The third kappa shape index (κ3) is 4.26. The number of benzene rings is 1. The van der Waals surface area contributed by atoms with Gasteiger partial charge in [0.2, 0.25) is 5.91 Å². The largest absolute Gasteiger partial charge is 0.339 e. The second-order valence-electron chi connectivity index (χ2n) is 6.57. The molecule has 0 aliphatic heterocycles. The van der Waals surface area contributed by atoms with Crippen LogP contribution in [0.3, 0.4) is 0 Å². The van der Waals surface area contributed by atoms with Gasteiger partial charge in [-0.3, -0.25) is 4.79 Å². The van der Waals surface area contributed by atoms with Crippen molar-refractivity contribution in [1.82, 2.24) is 4.90 Å². The molecule has 21 heavy (non-hydrogen) atoms. The zero-order valence-electron chi connectivity index (χ0n) is 13.1. The first-order valence-electron chi connectivity index (χ1n) is 8.13. The average molecular weight is 303 g/mol. The van der Waals surface area contributed by atoms with E-state index < -0.39 is 0 Å². The molecule has 2 aliphatic carbocycles.